The Balaban J connectivity index is 1.93. The molecule has 156 valence electrons. The van der Waals surface area contributed by atoms with Crippen LogP contribution in [0, 0.1) is 23.0 Å². The lowest BCUT2D eigenvalue weighted by molar-refractivity contribution is -0.115. The molecule has 0 N–H and O–H groups in total. The molecule has 0 radical (unpaired) electrons. The highest BCUT2D eigenvalue weighted by atomic mass is 32.1. The average Bonchev–Trinajstić information content (AvgIpc) is 3.21. The van der Waals surface area contributed by atoms with Crippen LogP contribution < -0.4 is 9.64 Å². The van der Waals surface area contributed by atoms with Gasteiger partial charge in [-0.3, -0.25) is 14.5 Å². The molecule has 0 aliphatic rings. The van der Waals surface area contributed by atoms with Gasteiger partial charge in [0, 0.05) is 23.9 Å². The fourth-order valence-electron chi connectivity index (χ4n) is 2.71. The van der Waals surface area contributed by atoms with E-state index in [2.05, 4.69) is 4.98 Å². The molecular weight excluding hydrogens is 424 g/mol. The molecule has 0 fully saturated rings. The fraction of sp³-hybridized carbons (Fsp3) is 0.0909. The Labute approximate surface area is 180 Å². The Kier molecular flexibility index (Phi) is 6.52. The van der Waals surface area contributed by atoms with Crippen molar-refractivity contribution in [2.45, 2.75) is 6.92 Å². The minimum atomic E-state index is -0.921. The number of methoxy groups -OCH3 is 1. The molecule has 9 heteroatoms. The third-order valence-corrected chi connectivity index (χ3v) is 5.02. The van der Waals surface area contributed by atoms with Crippen molar-refractivity contribution in [1.82, 2.24) is 4.98 Å². The van der Waals surface area contributed by atoms with E-state index in [4.69, 9.17) is 4.74 Å². The van der Waals surface area contributed by atoms with Crippen molar-refractivity contribution in [1.29, 1.82) is 5.26 Å². The minimum Gasteiger partial charge on any atom is -0.497 e. The monoisotopic (exact) mass is 439 g/mol. The summed E-state index contributed by atoms with van der Waals surface area (Å²) < 4.78 is 32.5. The summed E-state index contributed by atoms with van der Waals surface area (Å²) in [6, 6.07) is 11.0. The maximum atomic E-state index is 14.2. The molecule has 31 heavy (non-hydrogen) atoms. The number of hydrogen-bond donors (Lipinski definition) is 0. The normalized spacial score (nSPS) is 11.0. The third-order valence-electron chi connectivity index (χ3n) is 4.18. The first-order valence-electron chi connectivity index (χ1n) is 8.86. The van der Waals surface area contributed by atoms with Crippen molar-refractivity contribution in [3.05, 3.63) is 76.3 Å². The average molecular weight is 439 g/mol. The van der Waals surface area contributed by atoms with E-state index >= 15 is 0 Å². The van der Waals surface area contributed by atoms with E-state index in [0.29, 0.717) is 17.4 Å². The lowest BCUT2D eigenvalue weighted by Gasteiger charge is -2.18. The molecule has 1 aromatic heterocycles. The Hall–Kier alpha value is -3.90. The molecule has 2 aromatic carbocycles. The quantitative estimate of drug-likeness (QED) is 0.310. The van der Waals surface area contributed by atoms with Crippen LogP contribution in [0.5, 0.6) is 5.75 Å². The van der Waals surface area contributed by atoms with Crippen LogP contribution in [0.3, 0.4) is 0 Å². The van der Waals surface area contributed by atoms with Gasteiger partial charge in [-0.25, -0.2) is 13.8 Å². The molecule has 1 amide bonds. The van der Waals surface area contributed by atoms with Crippen LogP contribution in [0.2, 0.25) is 0 Å². The topological polar surface area (TPSA) is 83.3 Å². The molecule has 3 aromatic rings. The van der Waals surface area contributed by atoms with Gasteiger partial charge in [-0.05, 0) is 42.5 Å². The standard InChI is InChI=1S/C22H15F2N3O3S/c1-13(28)27(20-8-5-16(23)10-19(20)24)22-26-17(12-31-22)9-15(11-25)21(29)14-3-6-18(30-2)7-4-14/h3-10,12H,1-2H3/b15-9+. The van der Waals surface area contributed by atoms with E-state index in [1.807, 2.05) is 6.07 Å². The number of halogens is 2. The number of rotatable bonds is 6. The van der Waals surface area contributed by atoms with Crippen molar-refractivity contribution < 1.29 is 23.1 Å². The molecule has 6 nitrogen and oxygen atoms in total. The van der Waals surface area contributed by atoms with Crippen molar-refractivity contribution in [3.63, 3.8) is 0 Å². The fourth-order valence-corrected chi connectivity index (χ4v) is 3.55. The molecule has 0 saturated carbocycles. The largest absolute Gasteiger partial charge is 0.497 e. The number of carbonyl (C=O) groups is 2. The zero-order valence-electron chi connectivity index (χ0n) is 16.4. The second-order valence-corrected chi connectivity index (χ2v) is 7.07. The van der Waals surface area contributed by atoms with Crippen molar-refractivity contribution in [3.8, 4) is 11.8 Å². The van der Waals surface area contributed by atoms with Gasteiger partial charge in [0.25, 0.3) is 0 Å². The maximum Gasteiger partial charge on any atom is 0.230 e. The summed E-state index contributed by atoms with van der Waals surface area (Å²) in [4.78, 5) is 30.0. The highest BCUT2D eigenvalue weighted by molar-refractivity contribution is 7.14. The number of ether oxygens (including phenoxy) is 1. The number of hydrogen-bond acceptors (Lipinski definition) is 6. The molecule has 0 bridgehead atoms. The number of ketones is 1. The number of amides is 1. The van der Waals surface area contributed by atoms with Gasteiger partial charge < -0.3 is 4.74 Å². The summed E-state index contributed by atoms with van der Waals surface area (Å²) >= 11 is 1.01. The van der Waals surface area contributed by atoms with E-state index < -0.39 is 23.3 Å². The minimum absolute atomic E-state index is 0.110. The van der Waals surface area contributed by atoms with Gasteiger partial charge in [0.15, 0.2) is 5.13 Å². The number of anilines is 2. The van der Waals surface area contributed by atoms with E-state index in [-0.39, 0.29) is 22.1 Å². The van der Waals surface area contributed by atoms with Gasteiger partial charge in [-0.15, -0.1) is 11.3 Å². The summed E-state index contributed by atoms with van der Waals surface area (Å²) in [6.07, 6.45) is 1.28. The second-order valence-electron chi connectivity index (χ2n) is 6.23. The van der Waals surface area contributed by atoms with E-state index in [0.717, 1.165) is 28.4 Å². The first kappa shape index (κ1) is 21.8. The predicted octanol–water partition coefficient (Wildman–Crippen LogP) is 4.90. The predicted molar refractivity (Wildman–Crippen MR) is 112 cm³/mol. The Morgan fingerprint density at radius 3 is 2.48 bits per heavy atom. The molecule has 0 aliphatic carbocycles. The Bertz CT molecular complexity index is 1210. The lowest BCUT2D eigenvalue weighted by atomic mass is 10.0. The SMILES string of the molecule is COc1ccc(C(=O)/C(C#N)=C/c2csc(N(C(C)=O)c3ccc(F)cc3F)n2)cc1. The maximum absolute atomic E-state index is 14.2. The highest BCUT2D eigenvalue weighted by Crippen LogP contribution is 2.31. The number of thiazole rings is 1. The molecule has 0 atom stereocenters. The number of benzene rings is 2. The van der Waals surface area contributed by atoms with Gasteiger partial charge in [-0.1, -0.05) is 0 Å². The van der Waals surface area contributed by atoms with Crippen LogP contribution >= 0.6 is 11.3 Å². The van der Waals surface area contributed by atoms with Gasteiger partial charge in [0.2, 0.25) is 11.7 Å². The van der Waals surface area contributed by atoms with Crippen LogP contribution in [-0.4, -0.2) is 23.8 Å². The van der Waals surface area contributed by atoms with E-state index in [1.165, 1.54) is 37.6 Å². The lowest BCUT2D eigenvalue weighted by Crippen LogP contribution is -2.23. The number of aromatic nitrogens is 1. The summed E-state index contributed by atoms with van der Waals surface area (Å²) in [5.41, 5.74) is 0.216. The van der Waals surface area contributed by atoms with Crippen LogP contribution in [0.25, 0.3) is 6.08 Å². The molecule has 0 spiro atoms. The Morgan fingerprint density at radius 2 is 1.90 bits per heavy atom. The van der Waals surface area contributed by atoms with Crippen molar-refractivity contribution in [2.75, 3.05) is 12.0 Å². The van der Waals surface area contributed by atoms with E-state index in [9.17, 15) is 23.6 Å². The summed E-state index contributed by atoms with van der Waals surface area (Å²) in [5, 5.41) is 11.1. The molecule has 0 saturated heterocycles. The molecule has 1 heterocycles. The molecular formula is C22H15F2N3O3S. The Morgan fingerprint density at radius 1 is 1.19 bits per heavy atom. The van der Waals surface area contributed by atoms with Gasteiger partial charge in [-0.2, -0.15) is 5.26 Å². The number of nitriles is 1. The number of nitrogens with zero attached hydrogens (tertiary/aromatic N) is 3. The zero-order chi connectivity index (χ0) is 22.5. The van der Waals surface area contributed by atoms with Crippen LogP contribution in [0.15, 0.2) is 53.4 Å². The third kappa shape index (κ3) is 4.82. The number of Topliss-reactive ketones (excluding diaryl/α,β-unsaturated/α-hetero) is 1. The van der Waals surface area contributed by atoms with Crippen LogP contribution in [0.1, 0.15) is 23.0 Å². The van der Waals surface area contributed by atoms with Gasteiger partial charge in [0.05, 0.1) is 18.5 Å². The highest BCUT2D eigenvalue weighted by Gasteiger charge is 2.22. The molecule has 0 unspecified atom stereocenters. The van der Waals surface area contributed by atoms with Crippen molar-refractivity contribution >= 4 is 39.9 Å². The number of carbonyl (C=O) groups excluding carboxylic acids is 2. The van der Waals surface area contributed by atoms with Gasteiger partial charge in [0.1, 0.15) is 29.0 Å². The summed E-state index contributed by atoms with van der Waals surface area (Å²) in [5.74, 6) is -2.17. The zero-order valence-corrected chi connectivity index (χ0v) is 17.2. The second kappa shape index (κ2) is 9.28. The molecule has 0 aliphatic heterocycles. The molecule has 3 rings (SSSR count). The number of allylic oxidation sites excluding steroid dienone is 1. The summed E-state index contributed by atoms with van der Waals surface area (Å²) in [7, 11) is 1.50. The van der Waals surface area contributed by atoms with Crippen molar-refractivity contribution in [2.24, 2.45) is 0 Å². The smallest absolute Gasteiger partial charge is 0.230 e. The first-order chi connectivity index (χ1) is 14.8. The summed E-state index contributed by atoms with van der Waals surface area (Å²) in [6.45, 7) is 1.22. The van der Waals surface area contributed by atoms with Crippen LogP contribution in [0.4, 0.5) is 19.6 Å². The van der Waals surface area contributed by atoms with Crippen LogP contribution in [-0.2, 0) is 4.79 Å². The van der Waals surface area contributed by atoms with E-state index in [1.54, 1.807) is 12.1 Å². The van der Waals surface area contributed by atoms with Gasteiger partial charge >= 0.3 is 0 Å². The first-order valence-corrected chi connectivity index (χ1v) is 9.74.